The van der Waals surface area contributed by atoms with Crippen molar-refractivity contribution in [3.05, 3.63) is 83.9 Å². The molecule has 0 bridgehead atoms. The normalized spacial score (nSPS) is 17.3. The quantitative estimate of drug-likeness (QED) is 0.505. The summed E-state index contributed by atoms with van der Waals surface area (Å²) in [4.78, 5) is 31.8. The zero-order chi connectivity index (χ0) is 21.3. The largest absolute Gasteiger partial charge is 0.478 e. The maximum absolute atomic E-state index is 12.7. The lowest BCUT2D eigenvalue weighted by molar-refractivity contribution is -0.141. The van der Waals surface area contributed by atoms with Crippen molar-refractivity contribution in [2.45, 2.75) is 5.41 Å². The number of carboxylic acid groups (broad SMARTS) is 2. The van der Waals surface area contributed by atoms with E-state index >= 15 is 0 Å². The minimum Gasteiger partial charge on any atom is -0.478 e. The first-order chi connectivity index (χ1) is 13.9. The van der Waals surface area contributed by atoms with Gasteiger partial charge in [-0.15, -0.1) is 0 Å². The van der Waals surface area contributed by atoms with Crippen LogP contribution in [0.15, 0.2) is 72.8 Å². The fraction of sp³-hybridized carbons (Fsp3) is 0.227. The van der Waals surface area contributed by atoms with Gasteiger partial charge in [-0.25, -0.2) is 9.59 Å². The molecule has 0 aliphatic carbocycles. The van der Waals surface area contributed by atoms with Gasteiger partial charge in [-0.1, -0.05) is 60.7 Å². The number of benzene rings is 2. The molecule has 0 radical (unpaired) electrons. The third-order valence-corrected chi connectivity index (χ3v) is 4.63. The van der Waals surface area contributed by atoms with Gasteiger partial charge in [0.05, 0.1) is 6.61 Å². The van der Waals surface area contributed by atoms with E-state index in [1.165, 1.54) is 0 Å². The molecular weight excluding hydrogens is 374 g/mol. The first-order valence-corrected chi connectivity index (χ1v) is 8.99. The highest BCUT2D eigenvalue weighted by molar-refractivity contribution is 5.90. The highest BCUT2D eigenvalue weighted by Gasteiger charge is 2.54. The van der Waals surface area contributed by atoms with E-state index < -0.39 is 17.4 Å². The Bertz CT molecular complexity index is 808. The Morgan fingerprint density at radius 2 is 1.45 bits per heavy atom. The Kier molecular flexibility index (Phi) is 7.68. The summed E-state index contributed by atoms with van der Waals surface area (Å²) < 4.78 is 5.46. The van der Waals surface area contributed by atoms with Gasteiger partial charge < -0.3 is 20.3 Å². The standard InChI is InChI=1S/C18H19NO2.C4H4O4/c1-19-12-16-13-21-17(20)18(16,14-8-4-2-5-9-14)15-10-6-3-7-11-15;5-3(6)1-2-4(7)8/h2-11,16,19H,12-13H2,1H3;1-2H,(H,5,6)(H,7,8)/b;2-1-. The number of nitrogens with one attached hydrogen (secondary N) is 1. The Morgan fingerprint density at radius 1 is 1.00 bits per heavy atom. The lowest BCUT2D eigenvalue weighted by Crippen LogP contribution is -2.43. The maximum Gasteiger partial charge on any atom is 0.328 e. The molecule has 152 valence electrons. The van der Waals surface area contributed by atoms with Crippen molar-refractivity contribution in [2.24, 2.45) is 5.92 Å². The SMILES string of the molecule is CNCC1COC(=O)C1(c1ccccc1)c1ccccc1.O=C(O)/C=C\C(=O)O. The lowest BCUT2D eigenvalue weighted by atomic mass is 9.67. The molecule has 0 amide bonds. The van der Waals surface area contributed by atoms with Crippen LogP contribution in [0.25, 0.3) is 0 Å². The van der Waals surface area contributed by atoms with Crippen molar-refractivity contribution < 1.29 is 29.3 Å². The van der Waals surface area contributed by atoms with E-state index in [2.05, 4.69) is 5.32 Å². The van der Waals surface area contributed by atoms with Gasteiger partial charge in [-0.3, -0.25) is 4.79 Å². The van der Waals surface area contributed by atoms with Crippen LogP contribution in [0.4, 0.5) is 0 Å². The molecule has 29 heavy (non-hydrogen) atoms. The van der Waals surface area contributed by atoms with Crippen molar-refractivity contribution in [1.82, 2.24) is 5.32 Å². The third kappa shape index (κ3) is 5.08. The molecule has 0 spiro atoms. The monoisotopic (exact) mass is 397 g/mol. The van der Waals surface area contributed by atoms with E-state index in [4.69, 9.17) is 14.9 Å². The van der Waals surface area contributed by atoms with Crippen LogP contribution >= 0.6 is 0 Å². The number of esters is 1. The molecule has 7 heteroatoms. The minimum atomic E-state index is -1.26. The van der Waals surface area contributed by atoms with Gasteiger partial charge >= 0.3 is 17.9 Å². The summed E-state index contributed by atoms with van der Waals surface area (Å²) in [6.07, 6.45) is 1.12. The Hall–Kier alpha value is -3.45. The molecule has 1 unspecified atom stereocenters. The van der Waals surface area contributed by atoms with Crippen LogP contribution in [0.2, 0.25) is 0 Å². The first-order valence-electron chi connectivity index (χ1n) is 8.99. The second-order valence-electron chi connectivity index (χ2n) is 6.40. The van der Waals surface area contributed by atoms with E-state index in [0.29, 0.717) is 18.8 Å². The zero-order valence-corrected chi connectivity index (χ0v) is 15.9. The number of cyclic esters (lactones) is 1. The molecule has 7 nitrogen and oxygen atoms in total. The summed E-state index contributed by atoms with van der Waals surface area (Å²) in [5.41, 5.74) is 1.28. The molecular formula is C22H23NO6. The molecule has 2 aromatic carbocycles. The van der Waals surface area contributed by atoms with Gasteiger partial charge in [0.25, 0.3) is 0 Å². The van der Waals surface area contributed by atoms with Crippen LogP contribution in [0.1, 0.15) is 11.1 Å². The highest BCUT2D eigenvalue weighted by atomic mass is 16.5. The van der Waals surface area contributed by atoms with Crippen molar-refractivity contribution >= 4 is 17.9 Å². The molecule has 1 aliphatic rings. The summed E-state index contributed by atoms with van der Waals surface area (Å²) in [5, 5.41) is 18.8. The van der Waals surface area contributed by atoms with E-state index in [9.17, 15) is 14.4 Å². The number of rotatable bonds is 6. The number of aliphatic carboxylic acids is 2. The predicted octanol–water partition coefficient (Wildman–Crippen LogP) is 2.08. The van der Waals surface area contributed by atoms with Gasteiger partial charge in [0.15, 0.2) is 0 Å². The summed E-state index contributed by atoms with van der Waals surface area (Å²) in [7, 11) is 1.91. The van der Waals surface area contributed by atoms with E-state index in [-0.39, 0.29) is 11.9 Å². The summed E-state index contributed by atoms with van der Waals surface area (Å²) in [6.45, 7) is 1.18. The Balaban J connectivity index is 0.000000321. The van der Waals surface area contributed by atoms with Gasteiger partial charge in [-0.2, -0.15) is 0 Å². The molecule has 1 atom stereocenters. The molecule has 1 saturated heterocycles. The molecule has 0 aromatic heterocycles. The summed E-state index contributed by atoms with van der Waals surface area (Å²) in [5.74, 6) is -2.58. The van der Waals surface area contributed by atoms with Crippen LogP contribution in [0.3, 0.4) is 0 Å². The summed E-state index contributed by atoms with van der Waals surface area (Å²) in [6, 6.07) is 19.9. The topological polar surface area (TPSA) is 113 Å². The van der Waals surface area contributed by atoms with Gasteiger partial charge in [0.2, 0.25) is 0 Å². The average Bonchev–Trinajstić information content (AvgIpc) is 3.05. The van der Waals surface area contributed by atoms with Crippen LogP contribution in [0.5, 0.6) is 0 Å². The van der Waals surface area contributed by atoms with E-state index in [1.54, 1.807) is 0 Å². The number of carbonyl (C=O) groups is 3. The molecule has 3 N–H and O–H groups in total. The average molecular weight is 397 g/mol. The molecule has 1 fully saturated rings. The van der Waals surface area contributed by atoms with Gasteiger partial charge in [-0.05, 0) is 18.2 Å². The van der Waals surface area contributed by atoms with Gasteiger partial charge in [0, 0.05) is 24.6 Å². The third-order valence-electron chi connectivity index (χ3n) is 4.63. The summed E-state index contributed by atoms with van der Waals surface area (Å²) >= 11 is 0. The zero-order valence-electron chi connectivity index (χ0n) is 15.9. The van der Waals surface area contributed by atoms with Crippen molar-refractivity contribution in [2.75, 3.05) is 20.2 Å². The van der Waals surface area contributed by atoms with Crippen molar-refractivity contribution in [1.29, 1.82) is 0 Å². The van der Waals surface area contributed by atoms with E-state index in [1.807, 2.05) is 67.7 Å². The van der Waals surface area contributed by atoms with E-state index in [0.717, 1.165) is 17.7 Å². The first kappa shape index (κ1) is 21.8. The number of carboxylic acids is 2. The molecule has 2 aromatic rings. The smallest absolute Gasteiger partial charge is 0.328 e. The number of carbonyl (C=O) groups excluding carboxylic acids is 1. The number of hydrogen-bond donors (Lipinski definition) is 3. The van der Waals surface area contributed by atoms with Crippen LogP contribution in [-0.2, 0) is 24.5 Å². The van der Waals surface area contributed by atoms with Gasteiger partial charge in [0.1, 0.15) is 5.41 Å². The predicted molar refractivity (Wildman–Crippen MR) is 106 cm³/mol. The van der Waals surface area contributed by atoms with Crippen molar-refractivity contribution in [3.8, 4) is 0 Å². The molecule has 1 aliphatic heterocycles. The fourth-order valence-electron chi connectivity index (χ4n) is 3.46. The van der Waals surface area contributed by atoms with Crippen molar-refractivity contribution in [3.63, 3.8) is 0 Å². The maximum atomic E-state index is 12.7. The van der Waals surface area contributed by atoms with Crippen LogP contribution in [0, 0.1) is 5.92 Å². The van der Waals surface area contributed by atoms with Crippen LogP contribution in [-0.4, -0.2) is 48.3 Å². The Morgan fingerprint density at radius 3 is 1.83 bits per heavy atom. The second-order valence-corrected chi connectivity index (χ2v) is 6.40. The molecule has 1 heterocycles. The fourth-order valence-corrected chi connectivity index (χ4v) is 3.46. The van der Waals surface area contributed by atoms with Crippen LogP contribution < -0.4 is 5.32 Å². The molecule has 3 rings (SSSR count). The molecule has 0 saturated carbocycles. The number of ether oxygens (including phenoxy) is 1. The highest BCUT2D eigenvalue weighted by Crippen LogP contribution is 2.44. The Labute approximate surface area is 168 Å². The second kappa shape index (κ2) is 10.2. The lowest BCUT2D eigenvalue weighted by Gasteiger charge is -2.32. The minimum absolute atomic E-state index is 0.0831. The number of hydrogen-bond acceptors (Lipinski definition) is 5.